The summed E-state index contributed by atoms with van der Waals surface area (Å²) in [6, 6.07) is 5.79. The summed E-state index contributed by atoms with van der Waals surface area (Å²) in [4.78, 5) is 14.5. The van der Waals surface area contributed by atoms with E-state index in [1.807, 2.05) is 25.1 Å². The standard InChI is InChI=1S/C15H22BrN3O/c1-12-3-4-13(14(16)11-12)15(20)18-5-2-8-19-9-6-17-7-10-19/h3-4,11,17H,2,5-10H2,1H3,(H,18,20). The topological polar surface area (TPSA) is 44.4 Å². The van der Waals surface area contributed by atoms with E-state index in [2.05, 4.69) is 31.5 Å². The zero-order valence-electron chi connectivity index (χ0n) is 11.9. The van der Waals surface area contributed by atoms with Gasteiger partial charge in [0, 0.05) is 37.2 Å². The van der Waals surface area contributed by atoms with E-state index in [1.165, 1.54) is 0 Å². The summed E-state index contributed by atoms with van der Waals surface area (Å²) in [5, 5.41) is 6.33. The summed E-state index contributed by atoms with van der Waals surface area (Å²) >= 11 is 3.44. The van der Waals surface area contributed by atoms with Gasteiger partial charge in [-0.15, -0.1) is 0 Å². The van der Waals surface area contributed by atoms with Crippen LogP contribution in [0.25, 0.3) is 0 Å². The Morgan fingerprint density at radius 2 is 2.15 bits per heavy atom. The summed E-state index contributed by atoms with van der Waals surface area (Å²) in [5.41, 5.74) is 1.85. The minimum Gasteiger partial charge on any atom is -0.352 e. The smallest absolute Gasteiger partial charge is 0.252 e. The molecule has 1 aliphatic heterocycles. The molecule has 1 fully saturated rings. The van der Waals surface area contributed by atoms with Crippen LogP contribution in [0.3, 0.4) is 0 Å². The highest BCUT2D eigenvalue weighted by molar-refractivity contribution is 9.10. The number of carbonyl (C=O) groups excluding carboxylic acids is 1. The normalized spacial score (nSPS) is 16.1. The van der Waals surface area contributed by atoms with Gasteiger partial charge in [0.1, 0.15) is 0 Å². The fraction of sp³-hybridized carbons (Fsp3) is 0.533. The van der Waals surface area contributed by atoms with Crippen molar-refractivity contribution in [3.63, 3.8) is 0 Å². The predicted octanol–water partition coefficient (Wildman–Crippen LogP) is 1.78. The monoisotopic (exact) mass is 339 g/mol. The summed E-state index contributed by atoms with van der Waals surface area (Å²) in [6.07, 6.45) is 0.995. The van der Waals surface area contributed by atoms with Crippen LogP contribution in [0.2, 0.25) is 0 Å². The molecule has 1 aromatic rings. The van der Waals surface area contributed by atoms with Gasteiger partial charge < -0.3 is 15.5 Å². The van der Waals surface area contributed by atoms with Gasteiger partial charge in [0.05, 0.1) is 5.56 Å². The highest BCUT2D eigenvalue weighted by atomic mass is 79.9. The molecule has 1 aromatic carbocycles. The van der Waals surface area contributed by atoms with Gasteiger partial charge in [-0.1, -0.05) is 6.07 Å². The third-order valence-corrected chi connectivity index (χ3v) is 4.17. The van der Waals surface area contributed by atoms with Crippen LogP contribution in [0.4, 0.5) is 0 Å². The number of aryl methyl sites for hydroxylation is 1. The van der Waals surface area contributed by atoms with Gasteiger partial charge in [-0.25, -0.2) is 0 Å². The van der Waals surface area contributed by atoms with E-state index in [0.29, 0.717) is 5.56 Å². The average Bonchev–Trinajstić information content (AvgIpc) is 2.44. The minimum absolute atomic E-state index is 0.00261. The second-order valence-corrected chi connectivity index (χ2v) is 6.04. The van der Waals surface area contributed by atoms with Crippen LogP contribution in [0, 0.1) is 6.92 Å². The lowest BCUT2D eigenvalue weighted by Crippen LogP contribution is -2.44. The first kappa shape index (κ1) is 15.5. The lowest BCUT2D eigenvalue weighted by atomic mass is 10.1. The summed E-state index contributed by atoms with van der Waals surface area (Å²) in [6.45, 7) is 8.15. The number of piperazine rings is 1. The zero-order valence-corrected chi connectivity index (χ0v) is 13.5. The van der Waals surface area contributed by atoms with E-state index in [9.17, 15) is 4.79 Å². The van der Waals surface area contributed by atoms with Crippen molar-refractivity contribution in [1.29, 1.82) is 0 Å². The number of nitrogens with one attached hydrogen (secondary N) is 2. The second-order valence-electron chi connectivity index (χ2n) is 5.18. The van der Waals surface area contributed by atoms with Crippen molar-refractivity contribution in [3.05, 3.63) is 33.8 Å². The average molecular weight is 340 g/mol. The maximum absolute atomic E-state index is 12.1. The lowest BCUT2D eigenvalue weighted by molar-refractivity contribution is 0.0950. The highest BCUT2D eigenvalue weighted by Crippen LogP contribution is 2.18. The molecular formula is C15H22BrN3O. The van der Waals surface area contributed by atoms with Crippen LogP contribution in [0.1, 0.15) is 22.3 Å². The van der Waals surface area contributed by atoms with E-state index >= 15 is 0 Å². The number of benzene rings is 1. The van der Waals surface area contributed by atoms with Gasteiger partial charge in [0.15, 0.2) is 0 Å². The molecule has 0 atom stereocenters. The first-order chi connectivity index (χ1) is 9.66. The number of halogens is 1. The first-order valence-electron chi connectivity index (χ1n) is 7.14. The van der Waals surface area contributed by atoms with Gasteiger partial charge in [-0.3, -0.25) is 4.79 Å². The number of rotatable bonds is 5. The first-order valence-corrected chi connectivity index (χ1v) is 7.93. The molecule has 0 bridgehead atoms. The Bertz CT molecular complexity index is 458. The molecule has 1 aliphatic rings. The fourth-order valence-corrected chi connectivity index (χ4v) is 3.01. The molecule has 0 unspecified atom stereocenters. The third kappa shape index (κ3) is 4.58. The molecule has 0 radical (unpaired) electrons. The van der Waals surface area contributed by atoms with Crippen molar-refractivity contribution in [2.75, 3.05) is 39.3 Å². The molecule has 1 saturated heterocycles. The lowest BCUT2D eigenvalue weighted by Gasteiger charge is -2.27. The van der Waals surface area contributed by atoms with Gasteiger partial charge in [0.2, 0.25) is 0 Å². The molecule has 20 heavy (non-hydrogen) atoms. The van der Waals surface area contributed by atoms with E-state index in [-0.39, 0.29) is 5.91 Å². The number of carbonyl (C=O) groups is 1. The molecule has 0 aromatic heterocycles. The summed E-state index contributed by atoms with van der Waals surface area (Å²) < 4.78 is 0.858. The summed E-state index contributed by atoms with van der Waals surface area (Å²) in [5.74, 6) is -0.00261. The molecule has 1 amide bonds. The number of amides is 1. The van der Waals surface area contributed by atoms with Crippen LogP contribution >= 0.6 is 15.9 Å². The van der Waals surface area contributed by atoms with Gasteiger partial charge in [0.25, 0.3) is 5.91 Å². The van der Waals surface area contributed by atoms with Crippen LogP contribution in [-0.4, -0.2) is 50.1 Å². The second kappa shape index (κ2) is 7.76. The minimum atomic E-state index is -0.00261. The van der Waals surface area contributed by atoms with Crippen LogP contribution in [0.15, 0.2) is 22.7 Å². The van der Waals surface area contributed by atoms with Gasteiger partial charge >= 0.3 is 0 Å². The largest absolute Gasteiger partial charge is 0.352 e. The SMILES string of the molecule is Cc1ccc(C(=O)NCCCN2CCNCC2)c(Br)c1. The Morgan fingerprint density at radius 3 is 2.85 bits per heavy atom. The maximum Gasteiger partial charge on any atom is 0.252 e. The Morgan fingerprint density at radius 1 is 1.40 bits per heavy atom. The fourth-order valence-electron chi connectivity index (χ4n) is 2.34. The number of hydrogen-bond acceptors (Lipinski definition) is 3. The van der Waals surface area contributed by atoms with Crippen LogP contribution in [0.5, 0.6) is 0 Å². The van der Waals surface area contributed by atoms with E-state index in [0.717, 1.165) is 55.7 Å². The third-order valence-electron chi connectivity index (χ3n) is 3.52. The Hall–Kier alpha value is -0.910. The van der Waals surface area contributed by atoms with E-state index in [4.69, 9.17) is 0 Å². The van der Waals surface area contributed by atoms with E-state index in [1.54, 1.807) is 0 Å². The van der Waals surface area contributed by atoms with Crippen molar-refractivity contribution in [1.82, 2.24) is 15.5 Å². The molecular weight excluding hydrogens is 318 g/mol. The molecule has 5 heteroatoms. The van der Waals surface area contributed by atoms with Gasteiger partial charge in [-0.2, -0.15) is 0 Å². The molecule has 0 aliphatic carbocycles. The predicted molar refractivity (Wildman–Crippen MR) is 85.1 cm³/mol. The highest BCUT2D eigenvalue weighted by Gasteiger charge is 2.11. The van der Waals surface area contributed by atoms with Crippen molar-refractivity contribution < 1.29 is 4.79 Å². The quantitative estimate of drug-likeness (QED) is 0.804. The number of hydrogen-bond donors (Lipinski definition) is 2. The maximum atomic E-state index is 12.1. The van der Waals surface area contributed by atoms with Crippen LogP contribution in [-0.2, 0) is 0 Å². The van der Waals surface area contributed by atoms with Gasteiger partial charge in [-0.05, 0) is 53.5 Å². The molecule has 0 spiro atoms. The molecule has 110 valence electrons. The molecule has 4 nitrogen and oxygen atoms in total. The Balaban J connectivity index is 1.72. The molecule has 0 saturated carbocycles. The molecule has 1 heterocycles. The van der Waals surface area contributed by atoms with Crippen molar-refractivity contribution >= 4 is 21.8 Å². The van der Waals surface area contributed by atoms with Crippen molar-refractivity contribution in [3.8, 4) is 0 Å². The Labute approximate surface area is 129 Å². The summed E-state index contributed by atoms with van der Waals surface area (Å²) in [7, 11) is 0. The zero-order chi connectivity index (χ0) is 14.4. The van der Waals surface area contributed by atoms with Crippen LogP contribution < -0.4 is 10.6 Å². The molecule has 2 N–H and O–H groups in total. The number of nitrogens with zero attached hydrogens (tertiary/aromatic N) is 1. The van der Waals surface area contributed by atoms with E-state index < -0.39 is 0 Å². The molecule has 2 rings (SSSR count). The Kier molecular flexibility index (Phi) is 6.01. The van der Waals surface area contributed by atoms with Crippen molar-refractivity contribution in [2.24, 2.45) is 0 Å². The van der Waals surface area contributed by atoms with Crippen molar-refractivity contribution in [2.45, 2.75) is 13.3 Å².